The molecule has 0 unspecified atom stereocenters. The van der Waals surface area contributed by atoms with E-state index in [0.717, 1.165) is 15.4 Å². The number of thiazole rings is 1. The maximum absolute atomic E-state index is 12.6. The van der Waals surface area contributed by atoms with Gasteiger partial charge in [0.25, 0.3) is 11.8 Å². The van der Waals surface area contributed by atoms with Crippen LogP contribution in [-0.2, 0) is 14.8 Å². The third-order valence-electron chi connectivity index (χ3n) is 4.75. The quantitative estimate of drug-likeness (QED) is 0.494. The van der Waals surface area contributed by atoms with E-state index >= 15 is 0 Å². The van der Waals surface area contributed by atoms with E-state index in [4.69, 9.17) is 4.74 Å². The molecular formula is C22H24N4O5S2. The zero-order valence-electron chi connectivity index (χ0n) is 18.6. The monoisotopic (exact) mass is 488 g/mol. The van der Waals surface area contributed by atoms with Crippen molar-refractivity contribution in [1.82, 2.24) is 20.1 Å². The normalized spacial score (nSPS) is 11.3. The lowest BCUT2D eigenvalue weighted by atomic mass is 10.2. The van der Waals surface area contributed by atoms with Crippen LogP contribution in [0.2, 0.25) is 0 Å². The molecule has 0 spiro atoms. The third kappa shape index (κ3) is 5.75. The summed E-state index contributed by atoms with van der Waals surface area (Å²) in [5.74, 6) is -0.511. The molecule has 1 heterocycles. The largest absolute Gasteiger partial charge is 0.497 e. The smallest absolute Gasteiger partial charge is 0.281 e. The fraction of sp³-hybridized carbons (Fsp3) is 0.227. The molecular weight excluding hydrogens is 464 g/mol. The Balaban J connectivity index is 1.60. The van der Waals surface area contributed by atoms with Gasteiger partial charge in [-0.15, -0.1) is 11.3 Å². The molecule has 2 aromatic carbocycles. The fourth-order valence-corrected chi connectivity index (χ4v) is 4.96. The van der Waals surface area contributed by atoms with Crippen molar-refractivity contribution in [2.75, 3.05) is 20.7 Å². The van der Waals surface area contributed by atoms with Crippen LogP contribution >= 0.6 is 11.3 Å². The van der Waals surface area contributed by atoms with Gasteiger partial charge in [0, 0.05) is 12.6 Å². The van der Waals surface area contributed by atoms with Crippen molar-refractivity contribution in [2.45, 2.75) is 18.7 Å². The van der Waals surface area contributed by atoms with Crippen molar-refractivity contribution in [1.29, 1.82) is 0 Å². The molecule has 0 saturated carbocycles. The van der Waals surface area contributed by atoms with Gasteiger partial charge < -0.3 is 4.74 Å². The summed E-state index contributed by atoms with van der Waals surface area (Å²) in [6.07, 6.45) is 0. The van der Waals surface area contributed by atoms with Gasteiger partial charge in [0.2, 0.25) is 10.0 Å². The zero-order valence-corrected chi connectivity index (χ0v) is 20.2. The summed E-state index contributed by atoms with van der Waals surface area (Å²) in [7, 11) is -0.963. The Kier molecular flexibility index (Phi) is 7.46. The predicted molar refractivity (Wildman–Crippen MR) is 125 cm³/mol. The number of ether oxygens (including phenoxy) is 1. The topological polar surface area (TPSA) is 118 Å². The molecule has 0 fully saturated rings. The number of nitrogens with one attached hydrogen (secondary N) is 2. The van der Waals surface area contributed by atoms with Gasteiger partial charge in [0.1, 0.15) is 15.6 Å². The van der Waals surface area contributed by atoms with Crippen LogP contribution < -0.4 is 15.6 Å². The van der Waals surface area contributed by atoms with Crippen LogP contribution in [0, 0.1) is 13.8 Å². The number of hydrazine groups is 1. The second kappa shape index (κ2) is 10.1. The number of amides is 2. The van der Waals surface area contributed by atoms with E-state index in [1.807, 2.05) is 19.1 Å². The summed E-state index contributed by atoms with van der Waals surface area (Å²) in [6, 6.07) is 13.6. The molecule has 0 atom stereocenters. The molecule has 0 bridgehead atoms. The van der Waals surface area contributed by atoms with E-state index in [1.165, 1.54) is 30.5 Å². The molecule has 174 valence electrons. The van der Waals surface area contributed by atoms with E-state index in [-0.39, 0.29) is 4.90 Å². The first-order valence-electron chi connectivity index (χ1n) is 9.86. The number of rotatable bonds is 7. The summed E-state index contributed by atoms with van der Waals surface area (Å²) in [5, 5.41) is 0.649. The number of sulfonamides is 1. The highest BCUT2D eigenvalue weighted by Crippen LogP contribution is 2.29. The number of aromatic nitrogens is 1. The molecule has 0 radical (unpaired) electrons. The molecule has 33 heavy (non-hydrogen) atoms. The zero-order chi connectivity index (χ0) is 24.2. The fourth-order valence-electron chi connectivity index (χ4n) is 2.86. The Labute approximate surface area is 196 Å². The number of methoxy groups -OCH3 is 1. The van der Waals surface area contributed by atoms with Crippen molar-refractivity contribution in [3.05, 3.63) is 64.7 Å². The second-order valence-electron chi connectivity index (χ2n) is 7.24. The van der Waals surface area contributed by atoms with Crippen molar-refractivity contribution < 1.29 is 22.7 Å². The molecule has 0 aliphatic heterocycles. The highest BCUT2D eigenvalue weighted by molar-refractivity contribution is 7.89. The van der Waals surface area contributed by atoms with E-state index in [1.54, 1.807) is 38.3 Å². The highest BCUT2D eigenvalue weighted by Gasteiger charge is 2.23. The van der Waals surface area contributed by atoms with E-state index in [9.17, 15) is 18.0 Å². The van der Waals surface area contributed by atoms with Crippen LogP contribution in [0.4, 0.5) is 0 Å². The maximum atomic E-state index is 12.6. The Morgan fingerprint density at radius 3 is 2.27 bits per heavy atom. The molecule has 2 amide bonds. The number of nitrogens with zero attached hydrogens (tertiary/aromatic N) is 2. The first-order chi connectivity index (χ1) is 15.6. The molecule has 11 heteroatoms. The van der Waals surface area contributed by atoms with Gasteiger partial charge >= 0.3 is 0 Å². The average molecular weight is 489 g/mol. The van der Waals surface area contributed by atoms with E-state index in [2.05, 4.69) is 15.8 Å². The SMILES string of the molecule is COc1ccc(-c2nc(C)c(C(=O)NNC(=O)CN(C)S(=O)(=O)c3ccc(C)cc3)s2)cc1. The van der Waals surface area contributed by atoms with Gasteiger partial charge in [-0.1, -0.05) is 17.7 Å². The summed E-state index contributed by atoms with van der Waals surface area (Å²) >= 11 is 1.18. The lowest BCUT2D eigenvalue weighted by molar-refractivity contribution is -0.121. The van der Waals surface area contributed by atoms with Gasteiger partial charge in [0.15, 0.2) is 0 Å². The van der Waals surface area contributed by atoms with Gasteiger partial charge in [-0.2, -0.15) is 4.31 Å². The summed E-state index contributed by atoms with van der Waals surface area (Å²) in [6.45, 7) is 3.08. The third-order valence-corrected chi connectivity index (χ3v) is 7.77. The van der Waals surface area contributed by atoms with E-state index < -0.39 is 28.4 Å². The number of likely N-dealkylation sites (N-methyl/N-ethyl adjacent to an activating group) is 1. The van der Waals surface area contributed by atoms with E-state index in [0.29, 0.717) is 21.3 Å². The van der Waals surface area contributed by atoms with Crippen LogP contribution in [0.15, 0.2) is 53.4 Å². The molecule has 0 aliphatic rings. The lowest BCUT2D eigenvalue weighted by Crippen LogP contribution is -2.46. The number of aryl methyl sites for hydroxylation is 2. The lowest BCUT2D eigenvalue weighted by Gasteiger charge is -2.17. The standard InChI is InChI=1S/C22H24N4O5S2/c1-14-5-11-18(12-6-14)33(29,30)26(3)13-19(27)24-25-21(28)20-15(2)23-22(32-20)16-7-9-17(31-4)10-8-16/h5-12H,13H2,1-4H3,(H,24,27)(H,25,28). The summed E-state index contributed by atoms with van der Waals surface area (Å²) in [4.78, 5) is 29.6. The molecule has 2 N–H and O–H groups in total. The molecule has 0 saturated heterocycles. The summed E-state index contributed by atoms with van der Waals surface area (Å²) < 4.78 is 31.3. The Hall–Kier alpha value is -3.28. The number of carbonyl (C=O) groups is 2. The number of carbonyl (C=O) groups excluding carboxylic acids is 2. The molecule has 0 aliphatic carbocycles. The molecule has 3 rings (SSSR count). The Morgan fingerprint density at radius 2 is 1.67 bits per heavy atom. The van der Waals surface area contributed by atoms with Gasteiger partial charge in [-0.3, -0.25) is 20.4 Å². The number of hydrogen-bond acceptors (Lipinski definition) is 7. The predicted octanol–water partition coefficient (Wildman–Crippen LogP) is 2.52. The van der Waals surface area contributed by atoms with Crippen LogP contribution in [0.25, 0.3) is 10.6 Å². The molecule has 9 nitrogen and oxygen atoms in total. The van der Waals surface area contributed by atoms with Gasteiger partial charge in [-0.25, -0.2) is 13.4 Å². The van der Waals surface area contributed by atoms with Crippen molar-refractivity contribution in [3.8, 4) is 16.3 Å². The Bertz CT molecular complexity index is 1250. The van der Waals surface area contributed by atoms with Crippen LogP contribution in [0.5, 0.6) is 5.75 Å². The van der Waals surface area contributed by atoms with Crippen LogP contribution in [-0.4, -0.2) is 50.2 Å². The first kappa shape index (κ1) is 24.4. The molecule has 3 aromatic rings. The minimum Gasteiger partial charge on any atom is -0.497 e. The first-order valence-corrected chi connectivity index (χ1v) is 12.1. The van der Waals surface area contributed by atoms with Crippen molar-refractivity contribution in [2.24, 2.45) is 0 Å². The second-order valence-corrected chi connectivity index (χ2v) is 10.3. The summed E-state index contributed by atoms with van der Waals surface area (Å²) in [5.41, 5.74) is 6.83. The van der Waals surface area contributed by atoms with Gasteiger partial charge in [-0.05, 0) is 50.2 Å². The molecule has 1 aromatic heterocycles. The van der Waals surface area contributed by atoms with Crippen LogP contribution in [0.1, 0.15) is 20.9 Å². The van der Waals surface area contributed by atoms with Crippen molar-refractivity contribution in [3.63, 3.8) is 0 Å². The van der Waals surface area contributed by atoms with Crippen molar-refractivity contribution >= 4 is 33.2 Å². The minimum absolute atomic E-state index is 0.0822. The Morgan fingerprint density at radius 1 is 1.03 bits per heavy atom. The average Bonchev–Trinajstić information content (AvgIpc) is 3.19. The number of hydrogen-bond donors (Lipinski definition) is 2. The van der Waals surface area contributed by atoms with Crippen LogP contribution in [0.3, 0.4) is 0 Å². The maximum Gasteiger partial charge on any atom is 0.281 e. The van der Waals surface area contributed by atoms with Gasteiger partial charge in [0.05, 0.1) is 24.2 Å². The number of benzene rings is 2. The minimum atomic E-state index is -3.84. The highest BCUT2D eigenvalue weighted by atomic mass is 32.2.